The van der Waals surface area contributed by atoms with Crippen LogP contribution in [-0.4, -0.2) is 40.8 Å². The maximum Gasteiger partial charge on any atom is 0.238 e. The molecule has 1 aliphatic heterocycles. The van der Waals surface area contributed by atoms with Gasteiger partial charge in [0.2, 0.25) is 11.8 Å². The van der Waals surface area contributed by atoms with Crippen LogP contribution in [0, 0.1) is 0 Å². The highest BCUT2D eigenvalue weighted by molar-refractivity contribution is 8.15. The second-order valence-corrected chi connectivity index (χ2v) is 9.84. The van der Waals surface area contributed by atoms with E-state index in [9.17, 15) is 9.59 Å². The molecule has 1 N–H and O–H groups in total. The number of halogens is 2. The first kappa shape index (κ1) is 25.1. The van der Waals surface area contributed by atoms with Crippen LogP contribution >= 0.6 is 35.0 Å². The van der Waals surface area contributed by atoms with E-state index >= 15 is 0 Å². The highest BCUT2D eigenvalue weighted by Gasteiger charge is 2.36. The fraction of sp³-hybridized carbons (Fsp3) is 0.192. The van der Waals surface area contributed by atoms with Crippen LogP contribution in [0.4, 0.5) is 11.4 Å². The van der Waals surface area contributed by atoms with Crippen LogP contribution < -0.4 is 10.1 Å². The molecular formula is C26H23Cl2N3O3S. The molecule has 0 bridgehead atoms. The first-order valence-corrected chi connectivity index (χ1v) is 12.6. The molecule has 0 spiro atoms. The summed E-state index contributed by atoms with van der Waals surface area (Å²) in [7, 11) is 1.54. The lowest BCUT2D eigenvalue weighted by Crippen LogP contribution is -2.46. The lowest BCUT2D eigenvalue weighted by molar-refractivity contribution is -0.129. The number of amides is 2. The van der Waals surface area contributed by atoms with E-state index < -0.39 is 5.25 Å². The summed E-state index contributed by atoms with van der Waals surface area (Å²) in [4.78, 5) is 32.6. The molecule has 2 amide bonds. The average molecular weight is 528 g/mol. The summed E-state index contributed by atoms with van der Waals surface area (Å²) in [5.41, 5.74) is 2.20. The lowest BCUT2D eigenvalue weighted by Gasteiger charge is -2.32. The van der Waals surface area contributed by atoms with Gasteiger partial charge in [-0.25, -0.2) is 4.99 Å². The average Bonchev–Trinajstić information content (AvgIpc) is 2.85. The van der Waals surface area contributed by atoms with E-state index in [1.165, 1.54) is 18.9 Å². The fourth-order valence-corrected chi connectivity index (χ4v) is 5.01. The molecule has 0 saturated carbocycles. The number of benzene rings is 3. The topological polar surface area (TPSA) is 71.0 Å². The second-order valence-electron chi connectivity index (χ2n) is 7.80. The lowest BCUT2D eigenvalue weighted by atomic mass is 10.1. The van der Waals surface area contributed by atoms with Crippen molar-refractivity contribution in [1.29, 1.82) is 0 Å². The zero-order valence-electron chi connectivity index (χ0n) is 18.9. The minimum absolute atomic E-state index is 0.0564. The normalized spacial score (nSPS) is 16.9. The molecule has 1 atom stereocenters. The summed E-state index contributed by atoms with van der Waals surface area (Å²) < 4.78 is 5.32. The fourth-order valence-electron chi connectivity index (χ4n) is 3.57. The van der Waals surface area contributed by atoms with Crippen LogP contribution in [-0.2, 0) is 16.0 Å². The maximum atomic E-state index is 13.2. The molecule has 0 aromatic heterocycles. The first-order chi connectivity index (χ1) is 16.9. The van der Waals surface area contributed by atoms with E-state index in [0.29, 0.717) is 45.3 Å². The van der Waals surface area contributed by atoms with Crippen LogP contribution in [0.5, 0.6) is 5.75 Å². The van der Waals surface area contributed by atoms with Gasteiger partial charge < -0.3 is 10.1 Å². The van der Waals surface area contributed by atoms with E-state index in [2.05, 4.69) is 10.3 Å². The monoisotopic (exact) mass is 527 g/mol. The Kier molecular flexibility index (Phi) is 8.33. The number of anilines is 1. The molecule has 6 nitrogen and oxygen atoms in total. The van der Waals surface area contributed by atoms with Crippen molar-refractivity contribution in [2.75, 3.05) is 19.0 Å². The summed E-state index contributed by atoms with van der Waals surface area (Å²) in [5.74, 6) is 0.0908. The Morgan fingerprint density at radius 1 is 1.09 bits per heavy atom. The Labute approximate surface area is 218 Å². The number of nitrogens with one attached hydrogen (secondary N) is 1. The Morgan fingerprint density at radius 3 is 2.60 bits per heavy atom. The standard InChI is InChI=1S/C26H23Cl2N3O3S/c1-34-22-8-3-2-7-21(22)30-25(33)23-16-24(32)31(14-13-17-9-11-18(27)12-10-17)26(35-23)29-20-6-4-5-19(28)15-20/h2-12,15,23H,13-14,16H2,1H3,(H,30,33). The number of methoxy groups -OCH3 is 1. The predicted octanol–water partition coefficient (Wildman–Crippen LogP) is 6.21. The molecule has 3 aromatic rings. The molecule has 180 valence electrons. The third kappa shape index (κ3) is 6.57. The summed E-state index contributed by atoms with van der Waals surface area (Å²) in [6, 6.07) is 21.7. The molecular weight excluding hydrogens is 505 g/mol. The number of ether oxygens (including phenoxy) is 1. The van der Waals surface area contributed by atoms with Crippen LogP contribution in [0.15, 0.2) is 77.8 Å². The van der Waals surface area contributed by atoms with E-state index in [-0.39, 0.29) is 18.2 Å². The van der Waals surface area contributed by atoms with E-state index in [4.69, 9.17) is 27.9 Å². The van der Waals surface area contributed by atoms with Crippen molar-refractivity contribution in [2.45, 2.75) is 18.1 Å². The molecule has 4 rings (SSSR count). The molecule has 9 heteroatoms. The van der Waals surface area contributed by atoms with Gasteiger partial charge in [0.05, 0.1) is 18.5 Å². The van der Waals surface area contributed by atoms with E-state index in [1.54, 1.807) is 41.3 Å². The van der Waals surface area contributed by atoms with E-state index in [0.717, 1.165) is 5.56 Å². The molecule has 1 aliphatic rings. The van der Waals surface area contributed by atoms with Gasteiger partial charge in [-0.05, 0) is 54.4 Å². The summed E-state index contributed by atoms with van der Waals surface area (Å²) >= 11 is 13.4. The van der Waals surface area contributed by atoms with Gasteiger partial charge in [0.15, 0.2) is 5.17 Å². The van der Waals surface area contributed by atoms with Gasteiger partial charge in [-0.15, -0.1) is 0 Å². The Morgan fingerprint density at radius 2 is 1.86 bits per heavy atom. The van der Waals surface area contributed by atoms with E-state index in [1.807, 2.05) is 36.4 Å². The van der Waals surface area contributed by atoms with Crippen LogP contribution in [0.1, 0.15) is 12.0 Å². The Balaban J connectivity index is 1.56. The molecule has 1 fully saturated rings. The SMILES string of the molecule is COc1ccccc1NC(=O)C1CC(=O)N(CCc2ccc(Cl)cc2)C(=Nc2cccc(Cl)c2)S1. The number of hydrogen-bond donors (Lipinski definition) is 1. The third-order valence-electron chi connectivity index (χ3n) is 5.37. The number of carbonyl (C=O) groups is 2. The van der Waals surface area contributed by atoms with Crippen molar-refractivity contribution < 1.29 is 14.3 Å². The summed E-state index contributed by atoms with van der Waals surface area (Å²) in [6.45, 7) is 0.424. The van der Waals surface area contributed by atoms with Gasteiger partial charge in [0.1, 0.15) is 11.0 Å². The van der Waals surface area contributed by atoms with Crippen LogP contribution in [0.3, 0.4) is 0 Å². The van der Waals surface area contributed by atoms with Gasteiger partial charge in [-0.2, -0.15) is 0 Å². The van der Waals surface area contributed by atoms with Gasteiger partial charge in [0, 0.05) is 23.0 Å². The van der Waals surface area contributed by atoms with Crippen molar-refractivity contribution in [3.63, 3.8) is 0 Å². The van der Waals surface area contributed by atoms with Crippen LogP contribution in [0.2, 0.25) is 10.0 Å². The largest absolute Gasteiger partial charge is 0.495 e. The molecule has 1 heterocycles. The number of aliphatic imine (C=N–C) groups is 1. The number of nitrogens with zero attached hydrogens (tertiary/aromatic N) is 2. The Bertz CT molecular complexity index is 1250. The summed E-state index contributed by atoms with van der Waals surface area (Å²) in [5, 5.41) is 3.89. The number of hydrogen-bond acceptors (Lipinski definition) is 5. The second kappa shape index (κ2) is 11.6. The van der Waals surface area contributed by atoms with Gasteiger partial charge >= 0.3 is 0 Å². The molecule has 0 aliphatic carbocycles. The predicted molar refractivity (Wildman–Crippen MR) is 143 cm³/mol. The molecule has 35 heavy (non-hydrogen) atoms. The first-order valence-electron chi connectivity index (χ1n) is 10.9. The van der Waals surface area contributed by atoms with Crippen LogP contribution in [0.25, 0.3) is 0 Å². The summed E-state index contributed by atoms with van der Waals surface area (Å²) in [6.07, 6.45) is 0.678. The van der Waals surface area contributed by atoms with Gasteiger partial charge in [-0.1, -0.05) is 65.3 Å². The van der Waals surface area contributed by atoms with Crippen molar-refractivity contribution in [3.8, 4) is 5.75 Å². The third-order valence-corrected chi connectivity index (χ3v) is 7.04. The number of para-hydroxylation sites is 2. The minimum Gasteiger partial charge on any atom is -0.495 e. The molecule has 1 unspecified atom stereocenters. The molecule has 0 radical (unpaired) electrons. The molecule has 3 aromatic carbocycles. The highest BCUT2D eigenvalue weighted by Crippen LogP contribution is 2.32. The van der Waals surface area contributed by atoms with Crippen molar-refractivity contribution in [2.24, 2.45) is 4.99 Å². The smallest absolute Gasteiger partial charge is 0.238 e. The zero-order valence-corrected chi connectivity index (χ0v) is 21.2. The van der Waals surface area contributed by atoms with Crippen molar-refractivity contribution in [3.05, 3.63) is 88.4 Å². The highest BCUT2D eigenvalue weighted by atomic mass is 35.5. The Hall–Kier alpha value is -3.00. The number of thioether (sulfide) groups is 1. The minimum atomic E-state index is -0.642. The quantitative estimate of drug-likeness (QED) is 0.396. The maximum absolute atomic E-state index is 13.2. The number of amidine groups is 1. The van der Waals surface area contributed by atoms with Crippen molar-refractivity contribution >= 4 is 63.3 Å². The van der Waals surface area contributed by atoms with Gasteiger partial charge in [0.25, 0.3) is 0 Å². The molecule has 1 saturated heterocycles. The number of rotatable bonds is 7. The zero-order chi connectivity index (χ0) is 24.8. The van der Waals surface area contributed by atoms with Crippen molar-refractivity contribution in [1.82, 2.24) is 4.90 Å². The van der Waals surface area contributed by atoms with Gasteiger partial charge in [-0.3, -0.25) is 14.5 Å². The number of carbonyl (C=O) groups excluding carboxylic acids is 2.